The minimum absolute atomic E-state index is 0.236. The van der Waals surface area contributed by atoms with Gasteiger partial charge in [-0.15, -0.1) is 0 Å². The van der Waals surface area contributed by atoms with Crippen molar-refractivity contribution >= 4 is 5.82 Å². The number of aromatic amines is 1. The number of hydrogen-bond donors (Lipinski definition) is 2. The van der Waals surface area contributed by atoms with Crippen molar-refractivity contribution < 1.29 is 4.74 Å². The van der Waals surface area contributed by atoms with E-state index in [1.807, 2.05) is 68.4 Å². The van der Waals surface area contributed by atoms with Crippen LogP contribution >= 0.6 is 0 Å². The second-order valence-electron chi connectivity index (χ2n) is 6.59. The average molecular weight is 401 g/mol. The SMILES string of the molecule is CCNc1[nH]nc(-c2ccccc2)c1-c1ccc(=O)n(-c2ccccc2OCC)n1. The van der Waals surface area contributed by atoms with Crippen LogP contribution in [0.2, 0.25) is 0 Å². The minimum atomic E-state index is -0.236. The normalized spacial score (nSPS) is 10.7. The molecule has 0 unspecified atom stereocenters. The summed E-state index contributed by atoms with van der Waals surface area (Å²) < 4.78 is 7.07. The first kappa shape index (κ1) is 19.4. The summed E-state index contributed by atoms with van der Waals surface area (Å²) in [5, 5.41) is 15.6. The zero-order chi connectivity index (χ0) is 20.9. The van der Waals surface area contributed by atoms with Crippen LogP contribution in [0.25, 0.3) is 28.2 Å². The first-order chi connectivity index (χ1) is 14.7. The van der Waals surface area contributed by atoms with E-state index in [0.29, 0.717) is 23.7 Å². The first-order valence-electron chi connectivity index (χ1n) is 9.93. The number of ether oxygens (including phenoxy) is 1. The van der Waals surface area contributed by atoms with E-state index < -0.39 is 0 Å². The Morgan fingerprint density at radius 1 is 1.00 bits per heavy atom. The molecular weight excluding hydrogens is 378 g/mol. The Morgan fingerprint density at radius 3 is 2.53 bits per heavy atom. The number of anilines is 1. The third-order valence-corrected chi connectivity index (χ3v) is 4.62. The van der Waals surface area contributed by atoms with Gasteiger partial charge in [0.25, 0.3) is 5.56 Å². The van der Waals surface area contributed by atoms with Gasteiger partial charge < -0.3 is 10.1 Å². The van der Waals surface area contributed by atoms with Gasteiger partial charge in [-0.2, -0.15) is 14.9 Å². The van der Waals surface area contributed by atoms with Crippen LogP contribution < -0.4 is 15.6 Å². The number of nitrogens with zero attached hydrogens (tertiary/aromatic N) is 3. The number of hydrogen-bond acceptors (Lipinski definition) is 5. The molecule has 7 nitrogen and oxygen atoms in total. The summed E-state index contributed by atoms with van der Waals surface area (Å²) in [5.41, 5.74) is 3.53. The Balaban J connectivity index is 1.90. The van der Waals surface area contributed by atoms with E-state index in [-0.39, 0.29) is 5.56 Å². The summed E-state index contributed by atoms with van der Waals surface area (Å²) in [6, 6.07) is 20.5. The Morgan fingerprint density at radius 2 is 1.77 bits per heavy atom. The number of benzene rings is 2. The molecule has 2 aromatic carbocycles. The highest BCUT2D eigenvalue weighted by atomic mass is 16.5. The van der Waals surface area contributed by atoms with Crippen molar-refractivity contribution in [1.82, 2.24) is 20.0 Å². The minimum Gasteiger partial charge on any atom is -0.492 e. The predicted molar refractivity (Wildman–Crippen MR) is 118 cm³/mol. The predicted octanol–water partition coefficient (Wildman–Crippen LogP) is 4.12. The molecule has 0 aliphatic heterocycles. The number of nitrogens with one attached hydrogen (secondary N) is 2. The van der Waals surface area contributed by atoms with E-state index in [1.54, 1.807) is 6.07 Å². The molecule has 0 radical (unpaired) electrons. The largest absolute Gasteiger partial charge is 0.492 e. The fraction of sp³-hybridized carbons (Fsp3) is 0.174. The molecule has 4 rings (SSSR count). The van der Waals surface area contributed by atoms with E-state index >= 15 is 0 Å². The van der Waals surface area contributed by atoms with Crippen LogP contribution in [0.1, 0.15) is 13.8 Å². The molecule has 0 aliphatic rings. The van der Waals surface area contributed by atoms with Crippen LogP contribution in [0.5, 0.6) is 5.75 Å². The lowest BCUT2D eigenvalue weighted by atomic mass is 10.0. The van der Waals surface area contributed by atoms with Crippen LogP contribution in [-0.2, 0) is 0 Å². The molecule has 0 spiro atoms. The lowest BCUT2D eigenvalue weighted by Crippen LogP contribution is -2.21. The van der Waals surface area contributed by atoms with Crippen molar-refractivity contribution in [2.45, 2.75) is 13.8 Å². The van der Waals surface area contributed by atoms with Gasteiger partial charge in [0.05, 0.1) is 17.9 Å². The lowest BCUT2D eigenvalue weighted by molar-refractivity contribution is 0.338. The van der Waals surface area contributed by atoms with Gasteiger partial charge in [0.15, 0.2) is 0 Å². The molecule has 0 saturated carbocycles. The zero-order valence-corrected chi connectivity index (χ0v) is 16.9. The first-order valence-corrected chi connectivity index (χ1v) is 9.93. The highest BCUT2D eigenvalue weighted by Crippen LogP contribution is 2.35. The molecule has 0 aliphatic carbocycles. The van der Waals surface area contributed by atoms with Crippen molar-refractivity contribution in [2.75, 3.05) is 18.5 Å². The smallest absolute Gasteiger partial charge is 0.271 e. The van der Waals surface area contributed by atoms with E-state index in [9.17, 15) is 4.79 Å². The maximum atomic E-state index is 12.7. The number of para-hydroxylation sites is 2. The van der Waals surface area contributed by atoms with E-state index in [4.69, 9.17) is 4.74 Å². The highest BCUT2D eigenvalue weighted by molar-refractivity contribution is 5.87. The van der Waals surface area contributed by atoms with Crippen LogP contribution in [-0.4, -0.2) is 33.1 Å². The van der Waals surface area contributed by atoms with Gasteiger partial charge in [-0.3, -0.25) is 9.89 Å². The second kappa shape index (κ2) is 8.65. The average Bonchev–Trinajstić information content (AvgIpc) is 3.19. The van der Waals surface area contributed by atoms with Crippen LogP contribution in [0, 0.1) is 0 Å². The molecule has 2 heterocycles. The monoisotopic (exact) mass is 401 g/mol. The number of aromatic nitrogens is 4. The molecule has 0 atom stereocenters. The van der Waals surface area contributed by atoms with Crippen molar-refractivity contribution in [3.8, 4) is 34.0 Å². The van der Waals surface area contributed by atoms with Gasteiger partial charge in [0, 0.05) is 18.2 Å². The molecule has 0 saturated heterocycles. The maximum Gasteiger partial charge on any atom is 0.271 e. The zero-order valence-electron chi connectivity index (χ0n) is 16.9. The third kappa shape index (κ3) is 3.69. The Labute approximate surface area is 174 Å². The number of rotatable bonds is 7. The molecule has 30 heavy (non-hydrogen) atoms. The fourth-order valence-corrected chi connectivity index (χ4v) is 3.33. The maximum absolute atomic E-state index is 12.7. The highest BCUT2D eigenvalue weighted by Gasteiger charge is 2.19. The number of H-pyrrole nitrogens is 1. The van der Waals surface area contributed by atoms with Crippen LogP contribution in [0.15, 0.2) is 71.5 Å². The summed E-state index contributed by atoms with van der Waals surface area (Å²) in [5.74, 6) is 1.36. The van der Waals surface area contributed by atoms with E-state index in [1.165, 1.54) is 10.7 Å². The van der Waals surface area contributed by atoms with E-state index in [0.717, 1.165) is 29.2 Å². The van der Waals surface area contributed by atoms with Gasteiger partial charge in [-0.05, 0) is 32.0 Å². The molecule has 0 fully saturated rings. The summed E-state index contributed by atoms with van der Waals surface area (Å²) in [4.78, 5) is 12.7. The van der Waals surface area contributed by atoms with Gasteiger partial charge in [0.2, 0.25) is 0 Å². The fourth-order valence-electron chi connectivity index (χ4n) is 3.33. The molecule has 0 bridgehead atoms. The molecule has 4 aromatic rings. The van der Waals surface area contributed by atoms with Gasteiger partial charge in [0.1, 0.15) is 22.9 Å². The molecule has 2 N–H and O–H groups in total. The third-order valence-electron chi connectivity index (χ3n) is 4.62. The molecule has 0 amide bonds. The summed E-state index contributed by atoms with van der Waals surface area (Å²) in [6.07, 6.45) is 0. The van der Waals surface area contributed by atoms with E-state index in [2.05, 4.69) is 20.6 Å². The topological polar surface area (TPSA) is 84.8 Å². The summed E-state index contributed by atoms with van der Waals surface area (Å²) in [7, 11) is 0. The summed E-state index contributed by atoms with van der Waals surface area (Å²) >= 11 is 0. The van der Waals surface area contributed by atoms with Crippen molar-refractivity contribution in [3.05, 3.63) is 77.1 Å². The van der Waals surface area contributed by atoms with Gasteiger partial charge in [-0.25, -0.2) is 0 Å². The van der Waals surface area contributed by atoms with Crippen molar-refractivity contribution in [1.29, 1.82) is 0 Å². The van der Waals surface area contributed by atoms with Crippen LogP contribution in [0.3, 0.4) is 0 Å². The molecule has 2 aromatic heterocycles. The van der Waals surface area contributed by atoms with Gasteiger partial charge >= 0.3 is 0 Å². The Bertz CT molecular complexity index is 1200. The van der Waals surface area contributed by atoms with Crippen molar-refractivity contribution in [3.63, 3.8) is 0 Å². The molecule has 7 heteroatoms. The molecule has 152 valence electrons. The standard InChI is InChI=1S/C23H23N5O2/c1-3-24-23-21(22(25-26-23)16-10-6-5-7-11-16)17-14-15-20(29)28(27-17)18-12-8-9-13-19(18)30-4-2/h5-15H,3-4H2,1-2H3,(H2,24,25,26). The molecular formula is C23H23N5O2. The quantitative estimate of drug-likeness (QED) is 0.487. The summed E-state index contributed by atoms with van der Waals surface area (Å²) in [6.45, 7) is 5.13. The van der Waals surface area contributed by atoms with Crippen molar-refractivity contribution in [2.24, 2.45) is 0 Å². The van der Waals surface area contributed by atoms with Gasteiger partial charge in [-0.1, -0.05) is 42.5 Å². The lowest BCUT2D eigenvalue weighted by Gasteiger charge is -2.13. The Hall–Kier alpha value is -3.87. The Kier molecular flexibility index (Phi) is 5.61. The van der Waals surface area contributed by atoms with Crippen LogP contribution in [0.4, 0.5) is 5.82 Å². The second-order valence-corrected chi connectivity index (χ2v) is 6.59.